The number of hydrogen-bond acceptors (Lipinski definition) is 11. The van der Waals surface area contributed by atoms with Crippen molar-refractivity contribution < 1.29 is 33.0 Å². The zero-order valence-corrected chi connectivity index (χ0v) is 40.0. The number of carbonyl (C=O) groups is 4. The monoisotopic (exact) mass is 943 g/mol. The van der Waals surface area contributed by atoms with Crippen LogP contribution in [0.2, 0.25) is 0 Å². The molecule has 66 heavy (non-hydrogen) atoms. The number of nitrogens with one attached hydrogen (secondary N) is 2. The fraction of sp³-hybridized carbons (Fsp3) is 0.440. The molecule has 2 heterocycles. The number of methoxy groups -OCH3 is 2. The first-order valence-corrected chi connectivity index (χ1v) is 24.8. The molecule has 0 aliphatic carbocycles. The Bertz CT molecular complexity index is 1920. The van der Waals surface area contributed by atoms with Crippen molar-refractivity contribution in [3.05, 3.63) is 103 Å². The van der Waals surface area contributed by atoms with Crippen LogP contribution in [0.15, 0.2) is 107 Å². The van der Waals surface area contributed by atoms with E-state index < -0.39 is 0 Å². The number of thioether (sulfide) groups is 2. The van der Waals surface area contributed by atoms with E-state index in [4.69, 9.17) is 15.2 Å². The maximum atomic E-state index is 12.9. The van der Waals surface area contributed by atoms with Crippen molar-refractivity contribution in [2.24, 2.45) is 0 Å². The molecule has 6 rings (SSSR count). The van der Waals surface area contributed by atoms with Gasteiger partial charge in [0.2, 0.25) is 23.6 Å². The predicted molar refractivity (Wildman–Crippen MR) is 265 cm³/mol. The highest BCUT2D eigenvalue weighted by molar-refractivity contribution is 8.00. The van der Waals surface area contributed by atoms with Crippen molar-refractivity contribution in [1.82, 2.24) is 20.4 Å². The van der Waals surface area contributed by atoms with Crippen LogP contribution in [0.25, 0.3) is 0 Å². The minimum absolute atomic E-state index is 0.0302. The van der Waals surface area contributed by atoms with Crippen LogP contribution in [0.3, 0.4) is 0 Å². The Morgan fingerprint density at radius 2 is 0.909 bits per heavy atom. The number of hydrogen-bond donors (Lipinski definition) is 3. The Morgan fingerprint density at radius 1 is 0.530 bits per heavy atom. The fourth-order valence-corrected chi connectivity index (χ4v) is 8.89. The van der Waals surface area contributed by atoms with Gasteiger partial charge in [-0.15, -0.1) is 23.5 Å². The molecular formula is C50H66FN7O6S2. The van der Waals surface area contributed by atoms with Crippen LogP contribution in [0.5, 0.6) is 11.5 Å². The number of piperazine rings is 2. The first kappa shape index (κ1) is 51.4. The van der Waals surface area contributed by atoms with Crippen molar-refractivity contribution in [3.63, 3.8) is 0 Å². The van der Waals surface area contributed by atoms with Crippen molar-refractivity contribution in [3.8, 4) is 11.5 Å². The summed E-state index contributed by atoms with van der Waals surface area (Å²) in [5, 5.41) is 5.85. The molecule has 0 saturated carbocycles. The number of amides is 4. The highest BCUT2D eigenvalue weighted by atomic mass is 32.2. The van der Waals surface area contributed by atoms with Crippen molar-refractivity contribution in [2.45, 2.75) is 61.2 Å². The van der Waals surface area contributed by atoms with Gasteiger partial charge in [-0.25, -0.2) is 4.39 Å². The molecule has 0 unspecified atom stereocenters. The van der Waals surface area contributed by atoms with E-state index in [1.54, 1.807) is 26.4 Å². The number of ether oxygens (including phenoxy) is 2. The fourth-order valence-electron chi connectivity index (χ4n) is 7.44. The van der Waals surface area contributed by atoms with Gasteiger partial charge in [0, 0.05) is 105 Å². The summed E-state index contributed by atoms with van der Waals surface area (Å²) in [5.41, 5.74) is 8.71. The van der Waals surface area contributed by atoms with Crippen LogP contribution in [0, 0.1) is 5.82 Å². The molecule has 356 valence electrons. The van der Waals surface area contributed by atoms with Crippen LogP contribution in [-0.2, 0) is 19.2 Å². The van der Waals surface area contributed by atoms with E-state index in [-0.39, 0.29) is 29.4 Å². The van der Waals surface area contributed by atoms with E-state index in [1.807, 2.05) is 58.3 Å². The first-order valence-electron chi connectivity index (χ1n) is 22.8. The lowest BCUT2D eigenvalue weighted by Gasteiger charge is -2.36. The number of anilines is 3. The van der Waals surface area contributed by atoms with Gasteiger partial charge in [-0.1, -0.05) is 12.8 Å². The number of nitrogens with zero attached hydrogens (tertiary/aromatic N) is 4. The Balaban J connectivity index is 0.000000247. The minimum atomic E-state index is -0.280. The van der Waals surface area contributed by atoms with Crippen molar-refractivity contribution in [2.75, 3.05) is 107 Å². The second-order valence-electron chi connectivity index (χ2n) is 16.1. The number of rotatable bonds is 22. The molecule has 4 aromatic rings. The Kier molecular flexibility index (Phi) is 22.1. The third-order valence-electron chi connectivity index (χ3n) is 11.4. The Hall–Kier alpha value is -5.61. The smallest absolute Gasteiger partial charge is 0.230 e. The highest BCUT2D eigenvalue weighted by Gasteiger charge is 2.22. The Labute approximate surface area is 398 Å². The molecule has 13 nitrogen and oxygen atoms in total. The van der Waals surface area contributed by atoms with Gasteiger partial charge in [0.05, 0.1) is 25.7 Å². The topological polar surface area (TPSA) is 150 Å². The standard InChI is InChI=1S/C25H32FN3O3S.C25H34N4O3S/c2*1-32-22-10-8-21(9-11-22)28-15-17-29(18-16-28)25(31)5-3-2-4-14-27-24(30)19-33-23-12-6-20(26)7-13-23/h6-13H,2-5,14-19H2,1H3,(H,27,30);6-13H,2-5,14-19,26H2,1H3,(H,27,30). The van der Waals surface area contributed by atoms with Crippen LogP contribution in [0.4, 0.5) is 21.5 Å². The first-order chi connectivity index (χ1) is 32.1. The van der Waals surface area contributed by atoms with Gasteiger partial charge in [0.15, 0.2) is 0 Å². The molecule has 2 saturated heterocycles. The number of benzene rings is 4. The summed E-state index contributed by atoms with van der Waals surface area (Å²) >= 11 is 2.89. The summed E-state index contributed by atoms with van der Waals surface area (Å²) in [6, 6.07) is 29.7. The molecule has 0 spiro atoms. The maximum absolute atomic E-state index is 12.9. The molecule has 2 aliphatic rings. The van der Waals surface area contributed by atoms with Crippen LogP contribution in [-0.4, -0.2) is 125 Å². The lowest BCUT2D eigenvalue weighted by Crippen LogP contribution is -2.48. The second-order valence-corrected chi connectivity index (χ2v) is 18.2. The molecule has 4 N–H and O–H groups in total. The molecule has 0 bridgehead atoms. The summed E-state index contributed by atoms with van der Waals surface area (Å²) in [4.78, 5) is 59.3. The average Bonchev–Trinajstić information content (AvgIpc) is 3.36. The number of nitrogens with two attached hydrogens (primary N) is 1. The number of carbonyl (C=O) groups excluding carboxylic acids is 4. The molecule has 2 aliphatic heterocycles. The third kappa shape index (κ3) is 18.3. The largest absolute Gasteiger partial charge is 0.497 e. The van der Waals surface area contributed by atoms with Gasteiger partial charge in [-0.3, -0.25) is 19.2 Å². The number of halogens is 1. The average molecular weight is 944 g/mol. The summed E-state index contributed by atoms with van der Waals surface area (Å²) in [6.07, 6.45) is 6.39. The van der Waals surface area contributed by atoms with E-state index in [1.165, 1.54) is 35.7 Å². The second kappa shape index (κ2) is 28.4. The van der Waals surface area contributed by atoms with Gasteiger partial charge in [0.25, 0.3) is 0 Å². The van der Waals surface area contributed by atoms with Gasteiger partial charge < -0.3 is 45.4 Å². The Morgan fingerprint density at radius 3 is 1.29 bits per heavy atom. The third-order valence-corrected chi connectivity index (χ3v) is 13.4. The van der Waals surface area contributed by atoms with Crippen LogP contribution >= 0.6 is 23.5 Å². The van der Waals surface area contributed by atoms with Gasteiger partial charge in [-0.2, -0.15) is 0 Å². The highest BCUT2D eigenvalue weighted by Crippen LogP contribution is 2.23. The van der Waals surface area contributed by atoms with Crippen molar-refractivity contribution >= 4 is 64.2 Å². The molecule has 0 radical (unpaired) electrons. The minimum Gasteiger partial charge on any atom is -0.497 e. The van der Waals surface area contributed by atoms with E-state index in [2.05, 4.69) is 44.7 Å². The summed E-state index contributed by atoms with van der Waals surface area (Å²) < 4.78 is 23.3. The van der Waals surface area contributed by atoms with E-state index in [9.17, 15) is 23.6 Å². The summed E-state index contributed by atoms with van der Waals surface area (Å²) in [6.45, 7) is 7.61. The predicted octanol–water partition coefficient (Wildman–Crippen LogP) is 7.35. The summed E-state index contributed by atoms with van der Waals surface area (Å²) in [5.74, 6) is 2.56. The van der Waals surface area contributed by atoms with E-state index in [0.29, 0.717) is 37.4 Å². The molecule has 4 amide bonds. The van der Waals surface area contributed by atoms with Gasteiger partial charge >= 0.3 is 0 Å². The molecule has 16 heteroatoms. The SMILES string of the molecule is COc1ccc(N2CCN(C(=O)CCCCCNC(=O)CSc3ccc(F)cc3)CC2)cc1.COc1ccc(N2CCN(C(=O)CCCCCNC(=O)CSc3ccc(N)cc3)CC2)cc1. The van der Waals surface area contributed by atoms with E-state index >= 15 is 0 Å². The maximum Gasteiger partial charge on any atom is 0.230 e. The van der Waals surface area contributed by atoms with Gasteiger partial charge in [-0.05, 0) is 123 Å². The molecule has 2 fully saturated rings. The lowest BCUT2D eigenvalue weighted by molar-refractivity contribution is -0.132. The summed E-state index contributed by atoms with van der Waals surface area (Å²) in [7, 11) is 3.33. The number of nitrogen functional groups attached to an aromatic ring is 1. The number of unbranched alkanes of at least 4 members (excludes halogenated alkanes) is 4. The lowest BCUT2D eigenvalue weighted by atomic mass is 10.1. The van der Waals surface area contributed by atoms with Crippen LogP contribution in [0.1, 0.15) is 51.4 Å². The zero-order chi connectivity index (χ0) is 46.9. The zero-order valence-electron chi connectivity index (χ0n) is 38.4. The quantitative estimate of drug-likeness (QED) is 0.0413. The molecular weight excluding hydrogens is 878 g/mol. The van der Waals surface area contributed by atoms with E-state index in [0.717, 1.165) is 129 Å². The molecule has 4 aromatic carbocycles. The van der Waals surface area contributed by atoms with Crippen molar-refractivity contribution in [1.29, 1.82) is 0 Å². The normalized spacial score (nSPS) is 13.6. The van der Waals surface area contributed by atoms with Crippen LogP contribution < -0.4 is 35.6 Å². The van der Waals surface area contributed by atoms with Gasteiger partial charge in [0.1, 0.15) is 17.3 Å². The molecule has 0 atom stereocenters. The molecule has 0 aromatic heterocycles.